The van der Waals surface area contributed by atoms with Gasteiger partial charge in [-0.05, 0) is 74.8 Å². The molecule has 1 saturated heterocycles. The highest BCUT2D eigenvalue weighted by molar-refractivity contribution is 7.89. The van der Waals surface area contributed by atoms with Gasteiger partial charge in [-0.3, -0.25) is 9.89 Å². The maximum atomic E-state index is 13.1. The van der Waals surface area contributed by atoms with Crippen molar-refractivity contribution in [2.45, 2.75) is 57.3 Å². The first-order chi connectivity index (χ1) is 14.4. The summed E-state index contributed by atoms with van der Waals surface area (Å²) in [5.41, 5.74) is 5.47. The molecule has 0 bridgehead atoms. The van der Waals surface area contributed by atoms with E-state index in [0.717, 1.165) is 36.2 Å². The Morgan fingerprint density at radius 2 is 1.77 bits per heavy atom. The van der Waals surface area contributed by atoms with Gasteiger partial charge >= 0.3 is 0 Å². The number of nitrogens with zero attached hydrogens (tertiary/aromatic N) is 3. The molecule has 1 amide bonds. The Balaban J connectivity index is 1.36. The Hall–Kier alpha value is -2.19. The molecule has 8 heteroatoms. The van der Waals surface area contributed by atoms with Crippen LogP contribution in [0.25, 0.3) is 0 Å². The van der Waals surface area contributed by atoms with Crippen LogP contribution in [-0.2, 0) is 34.1 Å². The summed E-state index contributed by atoms with van der Waals surface area (Å²) < 4.78 is 27.8. The van der Waals surface area contributed by atoms with E-state index in [0.29, 0.717) is 43.9 Å². The number of benzene rings is 1. The van der Waals surface area contributed by atoms with Gasteiger partial charge in [-0.2, -0.15) is 9.40 Å². The molecule has 0 atom stereocenters. The lowest BCUT2D eigenvalue weighted by atomic mass is 9.92. The molecule has 1 aromatic heterocycles. The van der Waals surface area contributed by atoms with Crippen molar-refractivity contribution in [3.8, 4) is 0 Å². The monoisotopic (exact) mass is 430 g/mol. The minimum Gasteiger partial charge on any atom is -0.340 e. The zero-order chi connectivity index (χ0) is 21.3. The van der Waals surface area contributed by atoms with Crippen LogP contribution in [0, 0.1) is 13.8 Å². The molecule has 1 N–H and O–H groups in total. The van der Waals surface area contributed by atoms with Crippen molar-refractivity contribution in [2.75, 3.05) is 26.2 Å². The molecule has 4 rings (SSSR count). The van der Waals surface area contributed by atoms with Gasteiger partial charge in [0.25, 0.3) is 0 Å². The fraction of sp³-hybridized carbons (Fsp3) is 0.545. The van der Waals surface area contributed by atoms with E-state index < -0.39 is 10.0 Å². The third-order valence-corrected chi connectivity index (χ3v) is 8.31. The minimum atomic E-state index is -3.52. The number of sulfonamides is 1. The molecular formula is C22H30N4O3S. The van der Waals surface area contributed by atoms with E-state index >= 15 is 0 Å². The summed E-state index contributed by atoms with van der Waals surface area (Å²) >= 11 is 0. The molecule has 0 spiro atoms. The van der Waals surface area contributed by atoms with Gasteiger partial charge in [-0.15, -0.1) is 0 Å². The Morgan fingerprint density at radius 1 is 1.07 bits per heavy atom. The van der Waals surface area contributed by atoms with Crippen LogP contribution >= 0.6 is 0 Å². The highest BCUT2D eigenvalue weighted by atomic mass is 32.2. The number of hydrogen-bond donors (Lipinski definition) is 1. The van der Waals surface area contributed by atoms with Gasteiger partial charge in [0.2, 0.25) is 15.9 Å². The van der Waals surface area contributed by atoms with Gasteiger partial charge in [-0.1, -0.05) is 6.07 Å². The van der Waals surface area contributed by atoms with Crippen LogP contribution in [0.15, 0.2) is 23.1 Å². The van der Waals surface area contributed by atoms with Crippen LogP contribution < -0.4 is 0 Å². The number of rotatable bonds is 5. The summed E-state index contributed by atoms with van der Waals surface area (Å²) in [4.78, 5) is 14.8. The summed E-state index contributed by atoms with van der Waals surface area (Å²) in [6.45, 7) is 5.46. The Labute approximate surface area is 178 Å². The Bertz CT molecular complexity index is 1020. The number of amides is 1. The SMILES string of the molecule is Cc1n[nH]c(C)c1CCC(=O)N1CCN(S(=O)(=O)c2ccc3c(c2)CCCC3)CC1. The lowest BCUT2D eigenvalue weighted by Gasteiger charge is -2.34. The number of aryl methyl sites for hydroxylation is 4. The molecule has 30 heavy (non-hydrogen) atoms. The smallest absolute Gasteiger partial charge is 0.243 e. The fourth-order valence-electron chi connectivity index (χ4n) is 4.53. The first-order valence-electron chi connectivity index (χ1n) is 10.8. The average molecular weight is 431 g/mol. The summed E-state index contributed by atoms with van der Waals surface area (Å²) in [7, 11) is -3.52. The predicted molar refractivity (Wildman–Crippen MR) is 115 cm³/mol. The molecule has 2 aromatic rings. The van der Waals surface area contributed by atoms with E-state index in [1.165, 1.54) is 21.9 Å². The number of carbonyl (C=O) groups excluding carboxylic acids is 1. The van der Waals surface area contributed by atoms with Crippen LogP contribution in [0.2, 0.25) is 0 Å². The van der Waals surface area contributed by atoms with Crippen molar-refractivity contribution in [3.63, 3.8) is 0 Å². The van der Waals surface area contributed by atoms with E-state index in [9.17, 15) is 13.2 Å². The summed E-state index contributed by atoms with van der Waals surface area (Å²) in [5.74, 6) is 0.0702. The van der Waals surface area contributed by atoms with Crippen molar-refractivity contribution in [2.24, 2.45) is 0 Å². The summed E-state index contributed by atoms with van der Waals surface area (Å²) in [6.07, 6.45) is 5.36. The van der Waals surface area contributed by atoms with Crippen molar-refractivity contribution in [1.82, 2.24) is 19.4 Å². The van der Waals surface area contributed by atoms with Crippen LogP contribution in [-0.4, -0.2) is 59.9 Å². The van der Waals surface area contributed by atoms with E-state index in [1.54, 1.807) is 11.0 Å². The molecule has 162 valence electrons. The van der Waals surface area contributed by atoms with E-state index in [4.69, 9.17) is 0 Å². The highest BCUT2D eigenvalue weighted by Crippen LogP contribution is 2.26. The second-order valence-corrected chi connectivity index (χ2v) is 10.3. The van der Waals surface area contributed by atoms with Crippen LogP contribution in [0.5, 0.6) is 0 Å². The zero-order valence-electron chi connectivity index (χ0n) is 17.8. The van der Waals surface area contributed by atoms with Gasteiger partial charge in [0.05, 0.1) is 10.6 Å². The van der Waals surface area contributed by atoms with Gasteiger partial charge in [-0.25, -0.2) is 8.42 Å². The van der Waals surface area contributed by atoms with E-state index in [-0.39, 0.29) is 5.91 Å². The Morgan fingerprint density at radius 3 is 2.43 bits per heavy atom. The van der Waals surface area contributed by atoms with Crippen molar-refractivity contribution in [1.29, 1.82) is 0 Å². The first-order valence-corrected chi connectivity index (χ1v) is 12.2. The van der Waals surface area contributed by atoms with Crippen LogP contribution in [0.1, 0.15) is 47.3 Å². The first kappa shape index (κ1) is 21.1. The second kappa shape index (κ2) is 8.51. The zero-order valence-corrected chi connectivity index (χ0v) is 18.6. The topological polar surface area (TPSA) is 86.4 Å². The molecule has 0 saturated carbocycles. The number of nitrogens with one attached hydrogen (secondary N) is 1. The number of piperazine rings is 1. The van der Waals surface area contributed by atoms with Gasteiger partial charge < -0.3 is 4.90 Å². The molecule has 0 unspecified atom stereocenters. The maximum absolute atomic E-state index is 13.1. The molecule has 1 aliphatic carbocycles. The average Bonchev–Trinajstić information content (AvgIpc) is 3.09. The van der Waals surface area contributed by atoms with E-state index in [2.05, 4.69) is 10.2 Å². The second-order valence-electron chi connectivity index (χ2n) is 8.34. The maximum Gasteiger partial charge on any atom is 0.243 e. The highest BCUT2D eigenvalue weighted by Gasteiger charge is 2.30. The molecular weight excluding hydrogens is 400 g/mol. The quantitative estimate of drug-likeness (QED) is 0.789. The normalized spacial score (nSPS) is 17.7. The van der Waals surface area contributed by atoms with Gasteiger partial charge in [0.1, 0.15) is 0 Å². The molecule has 2 heterocycles. The third kappa shape index (κ3) is 4.16. The predicted octanol–water partition coefficient (Wildman–Crippen LogP) is 2.37. The van der Waals surface area contributed by atoms with Crippen LogP contribution in [0.4, 0.5) is 0 Å². The number of H-pyrrole nitrogens is 1. The standard InChI is InChI=1S/C22H30N4O3S/c1-16-21(17(2)24-23-16)9-10-22(27)25-11-13-26(14-12-25)30(28,29)20-8-7-18-5-3-4-6-19(18)15-20/h7-8,15H,3-6,9-14H2,1-2H3,(H,23,24). The van der Waals surface area contributed by atoms with Crippen LogP contribution in [0.3, 0.4) is 0 Å². The fourth-order valence-corrected chi connectivity index (χ4v) is 6.00. The summed E-state index contributed by atoms with van der Waals surface area (Å²) in [6, 6.07) is 5.57. The number of aromatic amines is 1. The number of carbonyl (C=O) groups is 1. The molecule has 1 aliphatic heterocycles. The van der Waals surface area contributed by atoms with Crippen molar-refractivity contribution < 1.29 is 13.2 Å². The van der Waals surface area contributed by atoms with Gasteiger partial charge in [0.15, 0.2) is 0 Å². The number of hydrogen-bond acceptors (Lipinski definition) is 4. The van der Waals surface area contributed by atoms with Crippen molar-refractivity contribution >= 4 is 15.9 Å². The minimum absolute atomic E-state index is 0.0702. The Kier molecular flexibility index (Phi) is 5.97. The molecule has 2 aliphatic rings. The van der Waals surface area contributed by atoms with E-state index in [1.807, 2.05) is 26.0 Å². The van der Waals surface area contributed by atoms with Gasteiger partial charge in [0, 0.05) is 38.3 Å². The largest absolute Gasteiger partial charge is 0.340 e. The third-order valence-electron chi connectivity index (χ3n) is 6.42. The van der Waals surface area contributed by atoms with Crippen molar-refractivity contribution in [3.05, 3.63) is 46.3 Å². The lowest BCUT2D eigenvalue weighted by molar-refractivity contribution is -0.132. The lowest BCUT2D eigenvalue weighted by Crippen LogP contribution is -2.50. The molecule has 0 radical (unpaired) electrons. The molecule has 1 fully saturated rings. The number of aromatic nitrogens is 2. The molecule has 7 nitrogen and oxygen atoms in total. The summed E-state index contributed by atoms with van der Waals surface area (Å²) in [5, 5.41) is 7.12. The molecule has 1 aromatic carbocycles. The number of fused-ring (bicyclic) bond motifs is 1.